The molecule has 1 aliphatic rings. The van der Waals surface area contributed by atoms with Crippen LogP contribution in [0.2, 0.25) is 0 Å². The number of hydrogen-bond acceptors (Lipinski definition) is 4. The van der Waals surface area contributed by atoms with Crippen LogP contribution in [0, 0.1) is 5.92 Å². The summed E-state index contributed by atoms with van der Waals surface area (Å²) >= 11 is 0. The van der Waals surface area contributed by atoms with Gasteiger partial charge in [-0.15, -0.1) is 0 Å². The van der Waals surface area contributed by atoms with Crippen molar-refractivity contribution in [3.63, 3.8) is 0 Å². The second kappa shape index (κ2) is 6.95. The maximum absolute atomic E-state index is 5.93. The summed E-state index contributed by atoms with van der Waals surface area (Å²) in [6, 6.07) is 6.47. The van der Waals surface area contributed by atoms with Gasteiger partial charge in [0.05, 0.1) is 20.3 Å². The quantitative estimate of drug-likeness (QED) is 0.869. The van der Waals surface area contributed by atoms with Crippen LogP contribution in [0.25, 0.3) is 0 Å². The van der Waals surface area contributed by atoms with Crippen molar-refractivity contribution in [2.45, 2.75) is 32.4 Å². The van der Waals surface area contributed by atoms with Gasteiger partial charge < -0.3 is 19.5 Å². The highest BCUT2D eigenvalue weighted by atomic mass is 16.5. The summed E-state index contributed by atoms with van der Waals surface area (Å²) < 4.78 is 16.6. The van der Waals surface area contributed by atoms with Crippen LogP contribution in [-0.4, -0.2) is 33.4 Å². The van der Waals surface area contributed by atoms with E-state index < -0.39 is 0 Å². The Hall–Kier alpha value is -1.26. The fourth-order valence-electron chi connectivity index (χ4n) is 2.59. The molecule has 4 nitrogen and oxygen atoms in total. The van der Waals surface area contributed by atoms with Gasteiger partial charge >= 0.3 is 0 Å². The van der Waals surface area contributed by atoms with Gasteiger partial charge in [0.25, 0.3) is 0 Å². The molecule has 0 spiro atoms. The molecular weight excluding hydrogens is 254 g/mol. The van der Waals surface area contributed by atoms with Gasteiger partial charge in [-0.3, -0.25) is 0 Å². The number of methoxy groups -OCH3 is 2. The maximum Gasteiger partial charge on any atom is 0.122 e. The molecule has 1 aliphatic heterocycles. The third kappa shape index (κ3) is 3.64. The van der Waals surface area contributed by atoms with Crippen LogP contribution in [0.3, 0.4) is 0 Å². The molecule has 4 heteroatoms. The first kappa shape index (κ1) is 15.1. The molecule has 1 saturated heterocycles. The molecule has 20 heavy (non-hydrogen) atoms. The van der Waals surface area contributed by atoms with Crippen LogP contribution in [-0.2, 0) is 4.74 Å². The molecule has 0 aliphatic carbocycles. The van der Waals surface area contributed by atoms with E-state index in [4.69, 9.17) is 14.2 Å². The predicted molar refractivity (Wildman–Crippen MR) is 79.5 cm³/mol. The molecule has 1 aromatic rings. The maximum atomic E-state index is 5.93. The molecule has 1 aromatic carbocycles. The first-order chi connectivity index (χ1) is 9.63. The molecule has 1 N–H and O–H groups in total. The molecule has 1 fully saturated rings. The minimum absolute atomic E-state index is 0.116. The largest absolute Gasteiger partial charge is 0.497 e. The number of benzene rings is 1. The topological polar surface area (TPSA) is 39.7 Å². The lowest BCUT2D eigenvalue weighted by molar-refractivity contribution is 0.0897. The van der Waals surface area contributed by atoms with Gasteiger partial charge in [-0.25, -0.2) is 0 Å². The van der Waals surface area contributed by atoms with Crippen LogP contribution in [0.5, 0.6) is 11.5 Å². The first-order valence-electron chi connectivity index (χ1n) is 7.22. The minimum atomic E-state index is 0.116. The molecule has 0 amide bonds. The van der Waals surface area contributed by atoms with Crippen LogP contribution in [0.4, 0.5) is 0 Å². The Labute approximate surface area is 121 Å². The van der Waals surface area contributed by atoms with Crippen molar-refractivity contribution >= 4 is 0 Å². The Balaban J connectivity index is 2.16. The van der Waals surface area contributed by atoms with Gasteiger partial charge in [0.2, 0.25) is 0 Å². The number of ether oxygens (including phenoxy) is 3. The van der Waals surface area contributed by atoms with Gasteiger partial charge in [0, 0.05) is 31.2 Å². The Kier molecular flexibility index (Phi) is 5.26. The van der Waals surface area contributed by atoms with E-state index in [0.717, 1.165) is 36.6 Å². The molecule has 1 heterocycles. The molecule has 2 rings (SSSR count). The number of nitrogens with one attached hydrogen (secondary N) is 1. The Morgan fingerprint density at radius 2 is 1.85 bits per heavy atom. The van der Waals surface area contributed by atoms with Crippen molar-refractivity contribution in [1.29, 1.82) is 0 Å². The molecule has 2 unspecified atom stereocenters. The Morgan fingerprint density at radius 1 is 1.20 bits per heavy atom. The van der Waals surface area contributed by atoms with E-state index in [-0.39, 0.29) is 6.10 Å². The molecule has 0 bridgehead atoms. The Bertz CT molecular complexity index is 411. The molecule has 0 aromatic heterocycles. The van der Waals surface area contributed by atoms with E-state index in [1.165, 1.54) is 0 Å². The van der Waals surface area contributed by atoms with Crippen LogP contribution in [0.1, 0.15) is 31.9 Å². The Morgan fingerprint density at radius 3 is 2.40 bits per heavy atom. The molecule has 2 atom stereocenters. The van der Waals surface area contributed by atoms with Gasteiger partial charge in [-0.1, -0.05) is 13.8 Å². The smallest absolute Gasteiger partial charge is 0.122 e. The zero-order chi connectivity index (χ0) is 14.5. The summed E-state index contributed by atoms with van der Waals surface area (Å²) in [5, 5.41) is 3.50. The van der Waals surface area contributed by atoms with Gasteiger partial charge in [-0.05, 0) is 24.1 Å². The zero-order valence-corrected chi connectivity index (χ0v) is 12.8. The lowest BCUT2D eigenvalue weighted by atomic mass is 9.94. The number of hydrogen-bond donors (Lipinski definition) is 1. The third-order valence-corrected chi connectivity index (χ3v) is 3.70. The zero-order valence-electron chi connectivity index (χ0n) is 12.8. The summed E-state index contributed by atoms with van der Waals surface area (Å²) in [6.07, 6.45) is 1.20. The summed E-state index contributed by atoms with van der Waals surface area (Å²) in [4.78, 5) is 0. The van der Waals surface area contributed by atoms with E-state index in [1.54, 1.807) is 14.2 Å². The summed E-state index contributed by atoms with van der Waals surface area (Å²) in [7, 11) is 3.34. The monoisotopic (exact) mass is 279 g/mol. The average molecular weight is 279 g/mol. The van der Waals surface area contributed by atoms with Crippen LogP contribution < -0.4 is 14.8 Å². The highest BCUT2D eigenvalue weighted by molar-refractivity contribution is 5.39. The standard InChI is InChI=1S/C16H25NO3/c1-11(2)17-10-12-5-6-20-16(12)13-7-14(18-3)9-15(8-13)19-4/h7-9,11-12,16-17H,5-6,10H2,1-4H3. The van der Waals surface area contributed by atoms with Crippen molar-refractivity contribution in [2.24, 2.45) is 5.92 Å². The fourth-order valence-corrected chi connectivity index (χ4v) is 2.59. The lowest BCUT2D eigenvalue weighted by Crippen LogP contribution is -2.30. The molecule has 0 radical (unpaired) electrons. The van der Waals surface area contributed by atoms with E-state index in [9.17, 15) is 0 Å². The van der Waals surface area contributed by atoms with Crippen LogP contribution in [0.15, 0.2) is 18.2 Å². The van der Waals surface area contributed by atoms with Gasteiger partial charge in [0.1, 0.15) is 11.5 Å². The first-order valence-corrected chi connectivity index (χ1v) is 7.22. The van der Waals surface area contributed by atoms with Crippen LogP contribution >= 0.6 is 0 Å². The molecular formula is C16H25NO3. The number of rotatable bonds is 6. The minimum Gasteiger partial charge on any atom is -0.497 e. The highest BCUT2D eigenvalue weighted by Crippen LogP contribution is 2.37. The molecule has 0 saturated carbocycles. The predicted octanol–water partition coefficient (Wildman–Crippen LogP) is 2.78. The van der Waals surface area contributed by atoms with E-state index >= 15 is 0 Å². The molecule has 112 valence electrons. The van der Waals surface area contributed by atoms with Crippen molar-refractivity contribution in [1.82, 2.24) is 5.32 Å². The van der Waals surface area contributed by atoms with Gasteiger partial charge in [-0.2, -0.15) is 0 Å². The lowest BCUT2D eigenvalue weighted by Gasteiger charge is -2.21. The highest BCUT2D eigenvalue weighted by Gasteiger charge is 2.30. The second-order valence-electron chi connectivity index (χ2n) is 5.55. The van der Waals surface area contributed by atoms with Crippen molar-refractivity contribution in [3.05, 3.63) is 23.8 Å². The van der Waals surface area contributed by atoms with Gasteiger partial charge in [0.15, 0.2) is 0 Å². The summed E-state index contributed by atoms with van der Waals surface area (Å²) in [5.74, 6) is 2.12. The summed E-state index contributed by atoms with van der Waals surface area (Å²) in [5.41, 5.74) is 1.13. The normalized spacial score (nSPS) is 22.2. The second-order valence-corrected chi connectivity index (χ2v) is 5.55. The van der Waals surface area contributed by atoms with E-state index in [0.29, 0.717) is 12.0 Å². The van der Waals surface area contributed by atoms with Crippen molar-refractivity contribution in [3.8, 4) is 11.5 Å². The fraction of sp³-hybridized carbons (Fsp3) is 0.625. The SMILES string of the molecule is COc1cc(OC)cc(C2OCCC2CNC(C)C)c1. The summed E-state index contributed by atoms with van der Waals surface area (Å²) in [6.45, 7) is 6.12. The van der Waals surface area contributed by atoms with E-state index in [1.807, 2.05) is 18.2 Å². The average Bonchev–Trinajstić information content (AvgIpc) is 2.92. The van der Waals surface area contributed by atoms with Crippen molar-refractivity contribution < 1.29 is 14.2 Å². The third-order valence-electron chi connectivity index (χ3n) is 3.70. The van der Waals surface area contributed by atoms with Crippen molar-refractivity contribution in [2.75, 3.05) is 27.4 Å². The van der Waals surface area contributed by atoms with E-state index in [2.05, 4.69) is 19.2 Å².